The molecule has 0 unspecified atom stereocenters. The summed E-state index contributed by atoms with van der Waals surface area (Å²) in [5.41, 5.74) is 3.49. The molecule has 0 amide bonds. The van der Waals surface area contributed by atoms with Crippen LogP contribution < -0.4 is 0 Å². The van der Waals surface area contributed by atoms with Gasteiger partial charge >= 0.3 is 0 Å². The van der Waals surface area contributed by atoms with Crippen LogP contribution in [0.15, 0.2) is 286 Å². The number of hydrogen-bond donors (Lipinski definition) is 0. The minimum Gasteiger partial charge on any atom is -0.318 e. The van der Waals surface area contributed by atoms with E-state index in [0.29, 0.717) is 12.3 Å². The summed E-state index contributed by atoms with van der Waals surface area (Å²) in [4.78, 5) is 1.52. The molecular weight excluding hydrogens is 771 g/mol. The summed E-state index contributed by atoms with van der Waals surface area (Å²) in [5, 5.41) is 4.24. The molecule has 0 fully saturated rings. The van der Waals surface area contributed by atoms with Crippen LogP contribution in [0.4, 0.5) is 0 Å². The smallest absolute Gasteiger partial charge is 0.0714 e. The number of fused-ring (bicyclic) bond motifs is 4. The van der Waals surface area contributed by atoms with Crippen molar-refractivity contribution >= 4 is 38.8 Å². The van der Waals surface area contributed by atoms with Crippen LogP contribution >= 0.6 is 0 Å². The van der Waals surface area contributed by atoms with Crippen molar-refractivity contribution in [2.75, 3.05) is 0 Å². The molecule has 0 radical (unpaired) electrons. The Morgan fingerprint density at radius 1 is 0.625 bits per heavy atom. The molecule has 1 heteroatoms. The van der Waals surface area contributed by atoms with Gasteiger partial charge in [-0.3, -0.25) is 0 Å². The minimum absolute atomic E-state index is 0.200. The third kappa shape index (κ3) is 7.77. The van der Waals surface area contributed by atoms with Crippen molar-refractivity contribution in [3.8, 4) is 11.1 Å². The van der Waals surface area contributed by atoms with Gasteiger partial charge in [0.05, 0.1) is 23.2 Å². The number of nitrogens with zero attached hydrogens (tertiary/aromatic N) is 1. The molecule has 306 valence electrons. The van der Waals surface area contributed by atoms with E-state index in [1.54, 1.807) is 18.4 Å². The molecule has 0 saturated heterocycles. The predicted octanol–water partition coefficient (Wildman–Crippen LogP) is 16.3. The lowest BCUT2D eigenvalue weighted by Gasteiger charge is -2.35. The van der Waals surface area contributed by atoms with Gasteiger partial charge in [0, 0.05) is 17.6 Å². The third-order valence-corrected chi connectivity index (χ3v) is 11.4. The second-order valence-corrected chi connectivity index (χ2v) is 14.9. The van der Waals surface area contributed by atoms with Crippen molar-refractivity contribution in [2.45, 2.75) is 5.41 Å². The Hall–Kier alpha value is -8.26. The molecule has 0 aliphatic heterocycles. The molecule has 1 aliphatic carbocycles. The second kappa shape index (κ2) is 18.4. The highest BCUT2D eigenvalue weighted by Gasteiger charge is 2.46. The fourth-order valence-electron chi connectivity index (χ4n) is 8.51. The fraction of sp³-hybridized carbons (Fsp3) is 0.0159. The Morgan fingerprint density at radius 3 is 1.95 bits per heavy atom. The Kier molecular flexibility index (Phi) is 8.15. The van der Waals surface area contributed by atoms with Crippen molar-refractivity contribution < 1.29 is 17.8 Å². The van der Waals surface area contributed by atoms with Gasteiger partial charge in [0.1, 0.15) is 0 Å². The van der Waals surface area contributed by atoms with Gasteiger partial charge in [-0.25, -0.2) is 0 Å². The van der Waals surface area contributed by atoms with Crippen LogP contribution in [0.1, 0.15) is 51.2 Å². The Bertz CT molecular complexity index is 3840. The molecule has 8 aromatic rings. The van der Waals surface area contributed by atoms with Gasteiger partial charge in [-0.1, -0.05) is 238 Å². The SMILES string of the molecule is [2H]C=C(/C([2H])=C(/[2H])C(=C[2H])N(/C=C/C1=C(C=C)c2ccccc2C1(c1ccccc1)c1ccccc1)/C(C=C)=C/C=C/c1cc2ccccc2c2ccccc12)c1c([2H])c([2H])c(-c2c([2H])c([2H])c([2H])c([2H])c2[2H])c([2H])c1[2H]. The zero-order valence-electron chi connectivity index (χ0n) is 47.8. The maximum absolute atomic E-state index is 9.73. The first-order valence-corrected chi connectivity index (χ1v) is 20.7. The van der Waals surface area contributed by atoms with Gasteiger partial charge < -0.3 is 4.90 Å². The fourth-order valence-corrected chi connectivity index (χ4v) is 8.51. The van der Waals surface area contributed by atoms with Gasteiger partial charge in [0.2, 0.25) is 0 Å². The van der Waals surface area contributed by atoms with Crippen LogP contribution in [-0.4, -0.2) is 4.90 Å². The van der Waals surface area contributed by atoms with E-state index >= 15 is 0 Å². The lowest BCUT2D eigenvalue weighted by molar-refractivity contribution is 0.613. The lowest BCUT2D eigenvalue weighted by atomic mass is 9.67. The van der Waals surface area contributed by atoms with Gasteiger partial charge in [-0.2, -0.15) is 0 Å². The van der Waals surface area contributed by atoms with Crippen LogP contribution in [0.25, 0.3) is 49.9 Å². The van der Waals surface area contributed by atoms with E-state index in [0.717, 1.165) is 67.1 Å². The van der Waals surface area contributed by atoms with Gasteiger partial charge in [-0.05, 0) is 113 Å². The average molecular weight is 833 g/mol. The second-order valence-electron chi connectivity index (χ2n) is 14.9. The zero-order valence-corrected chi connectivity index (χ0v) is 34.8. The molecule has 0 saturated carbocycles. The van der Waals surface area contributed by atoms with Crippen molar-refractivity contribution in [1.29, 1.82) is 0 Å². The zero-order chi connectivity index (χ0) is 54.9. The summed E-state index contributed by atoms with van der Waals surface area (Å²) in [7, 11) is 0. The molecule has 0 atom stereocenters. The minimum atomic E-state index is -0.912. The average Bonchev–Trinajstić information content (AvgIpc) is 3.77. The molecular formula is C63H49N. The van der Waals surface area contributed by atoms with Crippen LogP contribution in [0.5, 0.6) is 0 Å². The predicted molar refractivity (Wildman–Crippen MR) is 275 cm³/mol. The largest absolute Gasteiger partial charge is 0.318 e. The van der Waals surface area contributed by atoms with E-state index in [1.165, 1.54) is 4.90 Å². The van der Waals surface area contributed by atoms with Crippen LogP contribution in [-0.2, 0) is 5.41 Å². The first-order valence-electron chi connectivity index (χ1n) is 27.3. The molecule has 8 aromatic carbocycles. The molecule has 64 heavy (non-hydrogen) atoms. The molecule has 0 spiro atoms. The van der Waals surface area contributed by atoms with Gasteiger partial charge in [0.25, 0.3) is 0 Å². The Balaban J connectivity index is 1.25. The van der Waals surface area contributed by atoms with Gasteiger partial charge in [0.15, 0.2) is 0 Å². The summed E-state index contributed by atoms with van der Waals surface area (Å²) >= 11 is 0. The van der Waals surface area contributed by atoms with Crippen LogP contribution in [0.2, 0.25) is 0 Å². The highest BCUT2D eigenvalue weighted by Crippen LogP contribution is 2.55. The summed E-state index contributed by atoms with van der Waals surface area (Å²) in [6, 6.07) is 38.4. The number of allylic oxidation sites excluding steroid dienone is 10. The van der Waals surface area contributed by atoms with E-state index < -0.39 is 94.2 Å². The van der Waals surface area contributed by atoms with Crippen molar-refractivity contribution in [3.05, 3.63) is 319 Å². The van der Waals surface area contributed by atoms with Gasteiger partial charge in [-0.15, -0.1) is 0 Å². The van der Waals surface area contributed by atoms with E-state index in [-0.39, 0.29) is 5.70 Å². The van der Waals surface area contributed by atoms with Crippen molar-refractivity contribution in [1.82, 2.24) is 4.90 Å². The standard InChI is InChI=1S/C63H49N/c1-5-55(31-22-26-52-45-51-25-16-17-32-57(51)59-34-19-18-33-58(52)59)64(47(4)38-37-46(3)48-39-41-50(42-40-48)49-23-10-7-11-24-49)44-43-62-56(6-2)60-35-20-21-36-61(60)63(62,53-27-12-8-13-28-53)54-29-14-9-15-30-54/h5-45H,1-4H2/b26-22+,38-37-,44-43+,55-31+/i3D,4D,7D,10D,11D,23D,24D,37D,38D,39D,40D,41D,42D/b26-22+,38-37-,44-43+,46-3?,47-4?,55-31+. The molecule has 0 N–H and O–H groups in total. The molecule has 0 bridgehead atoms. The summed E-state index contributed by atoms with van der Waals surface area (Å²) in [6.45, 7) is 9.99. The normalized spacial score (nSPS) is 17.4. The third-order valence-electron chi connectivity index (χ3n) is 11.4. The lowest BCUT2D eigenvalue weighted by Crippen LogP contribution is -2.29. The van der Waals surface area contributed by atoms with Crippen LogP contribution in [0.3, 0.4) is 0 Å². The highest BCUT2D eigenvalue weighted by molar-refractivity contribution is 6.10. The summed E-state index contributed by atoms with van der Waals surface area (Å²) in [6.07, 6.45) is 12.5. The molecule has 1 nitrogen and oxygen atoms in total. The topological polar surface area (TPSA) is 3.24 Å². The van der Waals surface area contributed by atoms with Crippen LogP contribution in [0, 0.1) is 0 Å². The first kappa shape index (κ1) is 28.4. The van der Waals surface area contributed by atoms with Crippen molar-refractivity contribution in [3.63, 3.8) is 0 Å². The Labute approximate surface area is 396 Å². The highest BCUT2D eigenvalue weighted by atomic mass is 15.1. The summed E-state index contributed by atoms with van der Waals surface area (Å²) < 4.78 is 115. The van der Waals surface area contributed by atoms with E-state index in [2.05, 4.69) is 73.8 Å². The molecule has 9 rings (SSSR count). The van der Waals surface area contributed by atoms with E-state index in [4.69, 9.17) is 15.1 Å². The Morgan fingerprint density at radius 2 is 1.27 bits per heavy atom. The molecule has 0 heterocycles. The van der Waals surface area contributed by atoms with E-state index in [9.17, 15) is 2.74 Å². The molecule has 0 aromatic heterocycles. The number of hydrogen-bond acceptors (Lipinski definition) is 1. The van der Waals surface area contributed by atoms with E-state index in [1.807, 2.05) is 103 Å². The van der Waals surface area contributed by atoms with Crippen molar-refractivity contribution in [2.24, 2.45) is 0 Å². The summed E-state index contributed by atoms with van der Waals surface area (Å²) in [5.74, 6) is 0. The first-order chi connectivity index (χ1) is 37.2. The number of benzene rings is 8. The number of rotatable bonds is 14. The maximum atomic E-state index is 9.73. The maximum Gasteiger partial charge on any atom is 0.0714 e. The monoisotopic (exact) mass is 832 g/mol. The quantitative estimate of drug-likeness (QED) is 0.0779. The molecule has 1 aliphatic rings.